The second kappa shape index (κ2) is 13.6. The van der Waals surface area contributed by atoms with E-state index in [0.29, 0.717) is 43.5 Å². The van der Waals surface area contributed by atoms with Crippen molar-refractivity contribution in [3.8, 4) is 5.75 Å². The minimum atomic E-state index is -4.72. The van der Waals surface area contributed by atoms with Crippen LogP contribution in [0.3, 0.4) is 0 Å². The van der Waals surface area contributed by atoms with Crippen molar-refractivity contribution in [3.63, 3.8) is 0 Å². The summed E-state index contributed by atoms with van der Waals surface area (Å²) in [6.07, 6.45) is -2.83. The van der Waals surface area contributed by atoms with Crippen LogP contribution in [0.5, 0.6) is 5.75 Å². The summed E-state index contributed by atoms with van der Waals surface area (Å²) in [5.74, 6) is -0.257. The average Bonchev–Trinajstić information content (AvgIpc) is 3.01. The number of nitrogens with one attached hydrogen (secondary N) is 2. The number of rotatable bonds is 10. The topological polar surface area (TPSA) is 131 Å². The molecule has 0 aromatic heterocycles. The first kappa shape index (κ1) is 32.5. The number of amides is 2. The van der Waals surface area contributed by atoms with Gasteiger partial charge in [0.1, 0.15) is 5.75 Å². The van der Waals surface area contributed by atoms with Crippen molar-refractivity contribution < 1.29 is 35.9 Å². The minimum absolute atomic E-state index is 0.165. The minimum Gasteiger partial charge on any atom is -0.493 e. The van der Waals surface area contributed by atoms with Crippen molar-refractivity contribution in [2.45, 2.75) is 55.4 Å². The third-order valence-corrected chi connectivity index (χ3v) is 9.60. The maximum Gasteiger partial charge on any atom is 0.416 e. The van der Waals surface area contributed by atoms with Gasteiger partial charge >= 0.3 is 6.18 Å². The van der Waals surface area contributed by atoms with Gasteiger partial charge < -0.3 is 15.8 Å². The Bertz CT molecular complexity index is 1640. The zero-order chi connectivity index (χ0) is 32.2. The molecular weight excluding hydrogens is 609 g/mol. The summed E-state index contributed by atoms with van der Waals surface area (Å²) in [6.45, 7) is 2.45. The van der Waals surface area contributed by atoms with Gasteiger partial charge in [-0.05, 0) is 54.8 Å². The number of carbonyl (C=O) groups excluding carboxylic acids is 2. The fraction of sp³-hybridized carbons (Fsp3) is 0.375. The van der Waals surface area contributed by atoms with Crippen molar-refractivity contribution in [1.29, 1.82) is 0 Å². The zero-order valence-corrected chi connectivity index (χ0v) is 25.2. The largest absolute Gasteiger partial charge is 0.493 e. The maximum absolute atomic E-state index is 13.3. The molecule has 2 amide bonds. The summed E-state index contributed by atoms with van der Waals surface area (Å²) in [6, 6.07) is 16.2. The second-order valence-electron chi connectivity index (χ2n) is 11.4. The van der Waals surface area contributed by atoms with Crippen LogP contribution in [-0.2, 0) is 32.3 Å². The van der Waals surface area contributed by atoms with Gasteiger partial charge in [0.2, 0.25) is 21.8 Å². The maximum atomic E-state index is 13.3. The Balaban J connectivity index is 1.29. The number of fused-ring (bicyclic) bond motifs is 1. The summed E-state index contributed by atoms with van der Waals surface area (Å²) in [5.41, 5.74) is 6.69. The average molecular weight is 645 g/mol. The SMILES string of the molecule is NC(=O)C1CCCN(Cc2ccc3c(c2)OCCC3NC(=O)CC(NS(=O)(=O)c2cccc(C(F)(F)F)c2)c2ccccc2)C1. The van der Waals surface area contributed by atoms with Gasteiger partial charge in [-0.1, -0.05) is 48.5 Å². The Labute approximate surface area is 260 Å². The Morgan fingerprint density at radius 1 is 1.02 bits per heavy atom. The van der Waals surface area contributed by atoms with Gasteiger partial charge in [0.25, 0.3) is 0 Å². The molecule has 0 saturated carbocycles. The lowest BCUT2D eigenvalue weighted by molar-refractivity contribution is -0.137. The van der Waals surface area contributed by atoms with Crippen LogP contribution in [0.25, 0.3) is 0 Å². The molecule has 3 atom stereocenters. The van der Waals surface area contributed by atoms with Crippen molar-refractivity contribution in [2.75, 3.05) is 19.7 Å². The van der Waals surface area contributed by atoms with E-state index in [-0.39, 0.29) is 24.3 Å². The van der Waals surface area contributed by atoms with E-state index in [1.54, 1.807) is 30.3 Å². The molecule has 2 aliphatic heterocycles. The molecule has 1 fully saturated rings. The van der Waals surface area contributed by atoms with E-state index in [0.717, 1.165) is 48.7 Å². The Morgan fingerprint density at radius 2 is 1.80 bits per heavy atom. The molecule has 2 aliphatic rings. The highest BCUT2D eigenvalue weighted by atomic mass is 32.2. The number of hydrogen-bond acceptors (Lipinski definition) is 6. The van der Waals surface area contributed by atoms with E-state index in [4.69, 9.17) is 10.5 Å². The fourth-order valence-electron chi connectivity index (χ4n) is 5.82. The molecule has 3 unspecified atom stereocenters. The summed E-state index contributed by atoms with van der Waals surface area (Å²) in [4.78, 5) is 26.6. The Kier molecular flexibility index (Phi) is 9.80. The molecule has 0 bridgehead atoms. The van der Waals surface area contributed by atoms with Crippen LogP contribution >= 0.6 is 0 Å². The predicted octanol–water partition coefficient (Wildman–Crippen LogP) is 4.45. The zero-order valence-electron chi connectivity index (χ0n) is 24.4. The van der Waals surface area contributed by atoms with E-state index in [2.05, 4.69) is 14.9 Å². The van der Waals surface area contributed by atoms with Gasteiger partial charge in [0.05, 0.1) is 35.1 Å². The number of nitrogens with zero attached hydrogens (tertiary/aromatic N) is 1. The van der Waals surface area contributed by atoms with Gasteiger partial charge in [0.15, 0.2) is 0 Å². The molecule has 1 saturated heterocycles. The number of piperidine rings is 1. The van der Waals surface area contributed by atoms with Crippen LogP contribution in [0.4, 0.5) is 13.2 Å². The molecule has 13 heteroatoms. The normalized spacial score (nSPS) is 19.6. The number of carbonyl (C=O) groups is 2. The number of hydrogen-bond donors (Lipinski definition) is 3. The summed E-state index contributed by atoms with van der Waals surface area (Å²) >= 11 is 0. The molecule has 3 aromatic rings. The second-order valence-corrected chi connectivity index (χ2v) is 13.1. The Morgan fingerprint density at radius 3 is 2.53 bits per heavy atom. The lowest BCUT2D eigenvalue weighted by Crippen LogP contribution is -2.40. The molecule has 2 heterocycles. The summed E-state index contributed by atoms with van der Waals surface area (Å²) < 4.78 is 74.5. The van der Waals surface area contributed by atoms with Crippen molar-refractivity contribution in [1.82, 2.24) is 14.9 Å². The smallest absolute Gasteiger partial charge is 0.416 e. The van der Waals surface area contributed by atoms with Gasteiger partial charge in [-0.2, -0.15) is 13.2 Å². The third kappa shape index (κ3) is 8.21. The first-order chi connectivity index (χ1) is 21.4. The standard InChI is InChI=1S/C32H35F3N4O5S/c33-32(34,35)24-9-4-10-25(17-24)45(42,43)38-28(22-6-2-1-3-7-22)18-30(40)37-27-13-15-44-29-16-21(11-12-26(27)29)19-39-14-5-8-23(20-39)31(36)41/h1-4,6-7,9-12,16-17,23,27-28,38H,5,8,13-15,18-20H2,(H2,36,41)(H,37,40). The van der Waals surface area contributed by atoms with Gasteiger partial charge in [-0.3, -0.25) is 14.5 Å². The number of likely N-dealkylation sites (tertiary alicyclic amines) is 1. The number of benzene rings is 3. The molecular formula is C32H35F3N4O5S. The molecule has 9 nitrogen and oxygen atoms in total. The number of sulfonamides is 1. The van der Waals surface area contributed by atoms with E-state index < -0.39 is 38.6 Å². The lowest BCUT2D eigenvalue weighted by atomic mass is 9.95. The molecule has 0 aliphatic carbocycles. The van der Waals surface area contributed by atoms with Gasteiger partial charge in [-0.15, -0.1) is 0 Å². The lowest BCUT2D eigenvalue weighted by Gasteiger charge is -2.32. The van der Waals surface area contributed by atoms with E-state index >= 15 is 0 Å². The number of nitrogens with two attached hydrogens (primary N) is 1. The molecule has 0 radical (unpaired) electrons. The number of primary amides is 1. The summed E-state index contributed by atoms with van der Waals surface area (Å²) in [5, 5.41) is 2.98. The van der Waals surface area contributed by atoms with E-state index in [1.165, 1.54) is 0 Å². The highest BCUT2D eigenvalue weighted by Crippen LogP contribution is 2.34. The van der Waals surface area contributed by atoms with E-state index in [1.807, 2.05) is 18.2 Å². The molecule has 240 valence electrons. The van der Waals surface area contributed by atoms with Crippen LogP contribution in [0, 0.1) is 5.92 Å². The van der Waals surface area contributed by atoms with Crippen molar-refractivity contribution in [3.05, 3.63) is 95.1 Å². The monoisotopic (exact) mass is 644 g/mol. The van der Waals surface area contributed by atoms with Crippen molar-refractivity contribution in [2.24, 2.45) is 11.7 Å². The van der Waals surface area contributed by atoms with Crippen LogP contribution in [0.1, 0.15) is 60.0 Å². The number of halogens is 3. The van der Waals surface area contributed by atoms with Crippen LogP contribution < -0.4 is 20.5 Å². The molecule has 5 rings (SSSR count). The van der Waals surface area contributed by atoms with E-state index in [9.17, 15) is 31.2 Å². The van der Waals surface area contributed by atoms with Crippen LogP contribution in [0.15, 0.2) is 77.7 Å². The highest BCUT2D eigenvalue weighted by molar-refractivity contribution is 7.89. The molecule has 3 aromatic carbocycles. The van der Waals surface area contributed by atoms with Gasteiger partial charge in [0, 0.05) is 31.5 Å². The first-order valence-corrected chi connectivity index (χ1v) is 16.2. The summed E-state index contributed by atoms with van der Waals surface area (Å²) in [7, 11) is -4.42. The molecule has 45 heavy (non-hydrogen) atoms. The van der Waals surface area contributed by atoms with Gasteiger partial charge in [-0.25, -0.2) is 13.1 Å². The fourth-order valence-corrected chi connectivity index (χ4v) is 7.09. The van der Waals surface area contributed by atoms with Crippen LogP contribution in [0.2, 0.25) is 0 Å². The van der Waals surface area contributed by atoms with Crippen LogP contribution in [-0.4, -0.2) is 44.8 Å². The number of alkyl halides is 3. The quantitative estimate of drug-likeness (QED) is 0.299. The molecule has 0 spiro atoms. The highest BCUT2D eigenvalue weighted by Gasteiger charge is 2.33. The molecule has 4 N–H and O–H groups in total. The third-order valence-electron chi connectivity index (χ3n) is 8.13. The predicted molar refractivity (Wildman–Crippen MR) is 160 cm³/mol. The number of ether oxygens (including phenoxy) is 1. The first-order valence-electron chi connectivity index (χ1n) is 14.7. The van der Waals surface area contributed by atoms with Crippen molar-refractivity contribution >= 4 is 21.8 Å². The Hall–Kier alpha value is -3.94.